The topological polar surface area (TPSA) is 78.7 Å². The van der Waals surface area contributed by atoms with Crippen LogP contribution in [0.3, 0.4) is 0 Å². The maximum Gasteiger partial charge on any atom is 0.292 e. The van der Waals surface area contributed by atoms with Gasteiger partial charge in [0.2, 0.25) is 5.91 Å². The maximum absolute atomic E-state index is 12.4. The Balaban J connectivity index is 1.42. The molecule has 148 valence electrons. The zero-order chi connectivity index (χ0) is 19.9. The summed E-state index contributed by atoms with van der Waals surface area (Å²) in [7, 11) is 0. The fourth-order valence-electron chi connectivity index (χ4n) is 3.31. The molecule has 1 aliphatic rings. The Kier molecular flexibility index (Phi) is 6.71. The van der Waals surface area contributed by atoms with Gasteiger partial charge in [-0.1, -0.05) is 35.9 Å². The van der Waals surface area contributed by atoms with Crippen LogP contribution in [0.25, 0.3) is 0 Å². The quantitative estimate of drug-likeness (QED) is 0.433. The van der Waals surface area contributed by atoms with Gasteiger partial charge in [-0.25, -0.2) is 0 Å². The number of hydrogen-bond donors (Lipinski definition) is 1. The van der Waals surface area contributed by atoms with Crippen molar-refractivity contribution in [3.63, 3.8) is 0 Å². The van der Waals surface area contributed by atoms with Gasteiger partial charge in [0.25, 0.3) is 5.69 Å². The number of nitrogens with one attached hydrogen (secondary N) is 1. The Labute approximate surface area is 169 Å². The first-order valence-corrected chi connectivity index (χ1v) is 9.68. The molecule has 1 saturated heterocycles. The Morgan fingerprint density at radius 1 is 1.07 bits per heavy atom. The van der Waals surface area contributed by atoms with Crippen LogP contribution in [0.4, 0.5) is 17.1 Å². The highest BCUT2D eigenvalue weighted by molar-refractivity contribution is 6.33. The molecular weight excluding hydrogens is 380 g/mol. The number of benzene rings is 2. The highest BCUT2D eigenvalue weighted by Gasteiger charge is 2.22. The van der Waals surface area contributed by atoms with Crippen LogP contribution in [0.5, 0.6) is 0 Å². The molecule has 0 atom stereocenters. The number of anilines is 2. The molecule has 2 aromatic carbocycles. The molecule has 1 heterocycles. The SMILES string of the molecule is O=C(CCCNc1ccccc1[N+](=O)[O-])N1CCN(c2ccccc2Cl)CC1. The summed E-state index contributed by atoms with van der Waals surface area (Å²) in [6, 6.07) is 14.3. The second-order valence-electron chi connectivity index (χ2n) is 6.62. The lowest BCUT2D eigenvalue weighted by Crippen LogP contribution is -2.48. The number of hydrogen-bond acceptors (Lipinski definition) is 5. The van der Waals surface area contributed by atoms with E-state index < -0.39 is 4.92 Å². The second-order valence-corrected chi connectivity index (χ2v) is 7.03. The first-order valence-electron chi connectivity index (χ1n) is 9.31. The average molecular weight is 403 g/mol. The molecule has 0 aromatic heterocycles. The number of nitrogens with zero attached hydrogens (tertiary/aromatic N) is 3. The van der Waals surface area contributed by atoms with Crippen molar-refractivity contribution in [2.24, 2.45) is 0 Å². The summed E-state index contributed by atoms with van der Waals surface area (Å²) in [6.07, 6.45) is 1.04. The summed E-state index contributed by atoms with van der Waals surface area (Å²) in [5.74, 6) is 0.114. The third-order valence-electron chi connectivity index (χ3n) is 4.81. The Morgan fingerprint density at radius 2 is 1.75 bits per heavy atom. The molecule has 0 radical (unpaired) electrons. The molecular formula is C20H23ClN4O3. The average Bonchev–Trinajstić information content (AvgIpc) is 2.72. The largest absolute Gasteiger partial charge is 0.379 e. The van der Waals surface area contributed by atoms with Gasteiger partial charge in [-0.3, -0.25) is 14.9 Å². The molecule has 8 heteroatoms. The molecule has 28 heavy (non-hydrogen) atoms. The third-order valence-corrected chi connectivity index (χ3v) is 5.13. The predicted octanol–water partition coefficient (Wildman–Crippen LogP) is 3.79. The number of rotatable bonds is 7. The first kappa shape index (κ1) is 19.9. The van der Waals surface area contributed by atoms with Gasteiger partial charge >= 0.3 is 0 Å². The van der Waals surface area contributed by atoms with Crippen LogP contribution < -0.4 is 10.2 Å². The summed E-state index contributed by atoms with van der Waals surface area (Å²) in [5.41, 5.74) is 1.53. The van der Waals surface area contributed by atoms with Crippen LogP contribution in [-0.4, -0.2) is 48.5 Å². The summed E-state index contributed by atoms with van der Waals surface area (Å²) >= 11 is 6.25. The Morgan fingerprint density at radius 3 is 2.46 bits per heavy atom. The van der Waals surface area contributed by atoms with Gasteiger partial charge in [0.15, 0.2) is 0 Å². The molecule has 0 spiro atoms. The molecule has 1 amide bonds. The van der Waals surface area contributed by atoms with Crippen LogP contribution in [0.15, 0.2) is 48.5 Å². The Hall–Kier alpha value is -2.80. The molecule has 0 aliphatic carbocycles. The van der Waals surface area contributed by atoms with E-state index in [1.807, 2.05) is 29.2 Å². The minimum atomic E-state index is -0.411. The monoisotopic (exact) mass is 402 g/mol. The van der Waals surface area contributed by atoms with Crippen molar-refractivity contribution in [2.75, 3.05) is 42.9 Å². The van der Waals surface area contributed by atoms with Gasteiger partial charge in [-0.15, -0.1) is 0 Å². The number of carbonyl (C=O) groups excluding carboxylic acids is 1. The van der Waals surface area contributed by atoms with E-state index in [1.54, 1.807) is 18.2 Å². The lowest BCUT2D eigenvalue weighted by atomic mass is 10.2. The van der Waals surface area contributed by atoms with Crippen LogP contribution in [0.2, 0.25) is 5.02 Å². The van der Waals surface area contributed by atoms with Gasteiger partial charge in [0, 0.05) is 45.2 Å². The number of para-hydroxylation sites is 3. The van der Waals surface area contributed by atoms with Crippen molar-refractivity contribution in [1.29, 1.82) is 0 Å². The van der Waals surface area contributed by atoms with E-state index in [4.69, 9.17) is 11.6 Å². The minimum absolute atomic E-state index is 0.0459. The predicted molar refractivity (Wildman–Crippen MR) is 111 cm³/mol. The Bertz CT molecular complexity index is 838. The molecule has 0 saturated carbocycles. The fraction of sp³-hybridized carbons (Fsp3) is 0.350. The summed E-state index contributed by atoms with van der Waals surface area (Å²) in [5, 5.41) is 14.8. The maximum atomic E-state index is 12.4. The van der Waals surface area contributed by atoms with Crippen LogP contribution in [-0.2, 0) is 4.79 Å². The van der Waals surface area contributed by atoms with E-state index in [9.17, 15) is 14.9 Å². The van der Waals surface area contributed by atoms with E-state index in [1.165, 1.54) is 6.07 Å². The van der Waals surface area contributed by atoms with Crippen LogP contribution >= 0.6 is 11.6 Å². The second kappa shape index (κ2) is 9.41. The van der Waals surface area contributed by atoms with Crippen molar-refractivity contribution in [2.45, 2.75) is 12.8 Å². The zero-order valence-corrected chi connectivity index (χ0v) is 16.3. The fourth-order valence-corrected chi connectivity index (χ4v) is 3.56. The van der Waals surface area contributed by atoms with Crippen LogP contribution in [0, 0.1) is 10.1 Å². The summed E-state index contributed by atoms with van der Waals surface area (Å²) < 4.78 is 0. The van der Waals surface area contributed by atoms with Crippen molar-refractivity contribution < 1.29 is 9.72 Å². The molecule has 1 fully saturated rings. The number of nitro benzene ring substituents is 1. The lowest BCUT2D eigenvalue weighted by molar-refractivity contribution is -0.384. The van der Waals surface area contributed by atoms with Crippen molar-refractivity contribution in [1.82, 2.24) is 4.90 Å². The van der Waals surface area contributed by atoms with E-state index in [2.05, 4.69) is 10.2 Å². The van der Waals surface area contributed by atoms with Gasteiger partial charge in [-0.05, 0) is 24.6 Å². The molecule has 0 unspecified atom stereocenters. The normalized spacial score (nSPS) is 14.0. The van der Waals surface area contributed by atoms with Gasteiger partial charge in [0.1, 0.15) is 5.69 Å². The molecule has 7 nitrogen and oxygen atoms in total. The first-order chi connectivity index (χ1) is 13.6. The molecule has 3 rings (SSSR count). The van der Waals surface area contributed by atoms with Crippen molar-refractivity contribution in [3.8, 4) is 0 Å². The van der Waals surface area contributed by atoms with Gasteiger partial charge < -0.3 is 15.1 Å². The standard InChI is InChI=1S/C20H23ClN4O3/c21-16-6-1-3-8-18(16)23-12-14-24(15-13-23)20(26)10-5-11-22-17-7-2-4-9-19(17)25(27)28/h1-4,6-9,22H,5,10-15H2. The van der Waals surface area contributed by atoms with E-state index in [-0.39, 0.29) is 11.6 Å². The summed E-state index contributed by atoms with van der Waals surface area (Å²) in [6.45, 7) is 3.35. The van der Waals surface area contributed by atoms with Crippen LogP contribution in [0.1, 0.15) is 12.8 Å². The highest BCUT2D eigenvalue weighted by Crippen LogP contribution is 2.26. The minimum Gasteiger partial charge on any atom is -0.379 e. The number of carbonyl (C=O) groups is 1. The van der Waals surface area contributed by atoms with E-state index in [0.717, 1.165) is 23.8 Å². The number of nitro groups is 1. The zero-order valence-electron chi connectivity index (χ0n) is 15.5. The number of halogens is 1. The smallest absolute Gasteiger partial charge is 0.292 e. The number of piperazine rings is 1. The lowest BCUT2D eigenvalue weighted by Gasteiger charge is -2.36. The van der Waals surface area contributed by atoms with E-state index >= 15 is 0 Å². The molecule has 2 aromatic rings. The van der Waals surface area contributed by atoms with Crippen molar-refractivity contribution in [3.05, 3.63) is 63.7 Å². The van der Waals surface area contributed by atoms with Gasteiger partial charge in [-0.2, -0.15) is 0 Å². The third kappa shape index (κ3) is 4.92. The van der Waals surface area contributed by atoms with Crippen molar-refractivity contribution >= 4 is 34.6 Å². The summed E-state index contributed by atoms with van der Waals surface area (Å²) in [4.78, 5) is 27.1. The van der Waals surface area contributed by atoms with Gasteiger partial charge in [0.05, 0.1) is 15.6 Å². The molecule has 1 aliphatic heterocycles. The highest BCUT2D eigenvalue weighted by atomic mass is 35.5. The number of amides is 1. The van der Waals surface area contributed by atoms with E-state index in [0.29, 0.717) is 38.2 Å². The molecule has 1 N–H and O–H groups in total. The molecule has 0 bridgehead atoms.